The molecule has 0 fully saturated rings. The monoisotopic (exact) mass is 424 g/mol. The highest BCUT2D eigenvalue weighted by Gasteiger charge is 2.41. The molecule has 3 rings (SSSR count). The summed E-state index contributed by atoms with van der Waals surface area (Å²) in [4.78, 5) is 29.7. The maximum atomic E-state index is 13.9. The van der Waals surface area contributed by atoms with E-state index in [1.807, 2.05) is 0 Å². The predicted molar refractivity (Wildman–Crippen MR) is 101 cm³/mol. The van der Waals surface area contributed by atoms with Crippen LogP contribution in [-0.2, 0) is 17.5 Å². The van der Waals surface area contributed by atoms with Crippen molar-refractivity contribution < 1.29 is 27.8 Å². The third-order valence-corrected chi connectivity index (χ3v) is 4.29. The van der Waals surface area contributed by atoms with Crippen LogP contribution in [0.1, 0.15) is 29.9 Å². The van der Waals surface area contributed by atoms with Crippen LogP contribution in [0.4, 0.5) is 13.2 Å². The Hall–Kier alpha value is -3.34. The zero-order valence-electron chi connectivity index (χ0n) is 16.3. The summed E-state index contributed by atoms with van der Waals surface area (Å²) in [6.45, 7) is 2.27. The van der Waals surface area contributed by atoms with E-state index >= 15 is 0 Å². The molecule has 0 aliphatic heterocycles. The summed E-state index contributed by atoms with van der Waals surface area (Å²) >= 11 is 0. The third kappa shape index (κ3) is 4.01. The molecule has 0 saturated carbocycles. The Kier molecular flexibility index (Phi) is 5.33. The SMILES string of the molecule is COC(=O)c1c(-c2ccc[nH]c2=O)c[nH]c1-c1cnn(CC(C)(C)O)c1C(F)(F)F. The smallest absolute Gasteiger partial charge is 0.433 e. The Morgan fingerprint density at radius 1 is 1.23 bits per heavy atom. The molecule has 0 atom stereocenters. The number of hydrogen-bond acceptors (Lipinski definition) is 5. The number of rotatable bonds is 5. The predicted octanol–water partition coefficient (Wildman–Crippen LogP) is 2.81. The van der Waals surface area contributed by atoms with Crippen LogP contribution in [0, 0.1) is 0 Å². The first-order valence-electron chi connectivity index (χ1n) is 8.77. The number of aromatic amines is 2. The zero-order valence-corrected chi connectivity index (χ0v) is 16.3. The number of nitrogens with zero attached hydrogens (tertiary/aromatic N) is 2. The number of pyridine rings is 1. The number of carbonyl (C=O) groups is 1. The number of halogens is 3. The van der Waals surface area contributed by atoms with E-state index in [4.69, 9.17) is 4.74 Å². The Morgan fingerprint density at radius 3 is 2.50 bits per heavy atom. The Bertz CT molecular complexity index is 1140. The minimum Gasteiger partial charge on any atom is -0.465 e. The molecule has 160 valence electrons. The van der Waals surface area contributed by atoms with Crippen molar-refractivity contribution >= 4 is 5.97 Å². The van der Waals surface area contributed by atoms with Crippen molar-refractivity contribution in [2.75, 3.05) is 7.11 Å². The first-order valence-corrected chi connectivity index (χ1v) is 8.77. The number of nitrogens with one attached hydrogen (secondary N) is 2. The summed E-state index contributed by atoms with van der Waals surface area (Å²) in [6, 6.07) is 2.95. The lowest BCUT2D eigenvalue weighted by atomic mass is 10.0. The number of aromatic nitrogens is 4. The molecule has 3 N–H and O–H groups in total. The van der Waals surface area contributed by atoms with Crippen molar-refractivity contribution in [1.82, 2.24) is 19.7 Å². The van der Waals surface area contributed by atoms with Gasteiger partial charge in [0, 0.05) is 29.1 Å². The number of hydrogen-bond donors (Lipinski definition) is 3. The summed E-state index contributed by atoms with van der Waals surface area (Å²) in [5.74, 6) is -0.923. The van der Waals surface area contributed by atoms with Gasteiger partial charge in [-0.2, -0.15) is 18.3 Å². The second-order valence-electron chi connectivity index (χ2n) is 7.23. The number of aliphatic hydroxyl groups is 1. The number of ether oxygens (including phenoxy) is 1. The molecule has 0 unspecified atom stereocenters. The van der Waals surface area contributed by atoms with Crippen molar-refractivity contribution in [1.29, 1.82) is 0 Å². The van der Waals surface area contributed by atoms with Gasteiger partial charge in [-0.05, 0) is 26.0 Å². The molecule has 3 heterocycles. The zero-order chi connectivity index (χ0) is 22.3. The number of esters is 1. The van der Waals surface area contributed by atoms with Gasteiger partial charge in [0.05, 0.1) is 36.7 Å². The van der Waals surface area contributed by atoms with E-state index in [1.54, 1.807) is 0 Å². The van der Waals surface area contributed by atoms with Crippen LogP contribution in [0.3, 0.4) is 0 Å². The number of alkyl halides is 3. The molecule has 11 heteroatoms. The fourth-order valence-electron chi connectivity index (χ4n) is 3.15. The van der Waals surface area contributed by atoms with Gasteiger partial charge in [0.25, 0.3) is 5.56 Å². The minimum absolute atomic E-state index is 0.0813. The molecule has 8 nitrogen and oxygen atoms in total. The van der Waals surface area contributed by atoms with E-state index in [0.717, 1.165) is 13.3 Å². The largest absolute Gasteiger partial charge is 0.465 e. The van der Waals surface area contributed by atoms with Crippen LogP contribution >= 0.6 is 0 Å². The average Bonchev–Trinajstić information content (AvgIpc) is 3.23. The van der Waals surface area contributed by atoms with E-state index in [1.165, 1.54) is 38.4 Å². The van der Waals surface area contributed by atoms with Crippen LogP contribution in [0.2, 0.25) is 0 Å². The molecule has 0 radical (unpaired) electrons. The summed E-state index contributed by atoms with van der Waals surface area (Å²) in [5, 5.41) is 13.7. The molecule has 0 aromatic carbocycles. The van der Waals surface area contributed by atoms with Crippen LogP contribution in [-0.4, -0.2) is 43.5 Å². The molecule has 0 aliphatic carbocycles. The lowest BCUT2D eigenvalue weighted by Gasteiger charge is -2.20. The fraction of sp³-hybridized carbons (Fsp3) is 0.316. The highest BCUT2D eigenvalue weighted by molar-refractivity contribution is 6.03. The summed E-state index contributed by atoms with van der Waals surface area (Å²) in [6.07, 6.45) is -1.23. The summed E-state index contributed by atoms with van der Waals surface area (Å²) < 4.78 is 47.0. The van der Waals surface area contributed by atoms with Gasteiger partial charge in [0.1, 0.15) is 0 Å². The van der Waals surface area contributed by atoms with Gasteiger partial charge in [-0.3, -0.25) is 9.48 Å². The first kappa shape index (κ1) is 21.4. The van der Waals surface area contributed by atoms with E-state index < -0.39 is 41.1 Å². The maximum Gasteiger partial charge on any atom is 0.433 e. The molecule has 30 heavy (non-hydrogen) atoms. The highest BCUT2D eigenvalue weighted by atomic mass is 19.4. The molecular formula is C19H19F3N4O4. The Morgan fingerprint density at radius 2 is 1.93 bits per heavy atom. The van der Waals surface area contributed by atoms with Gasteiger partial charge in [-0.1, -0.05) is 0 Å². The van der Waals surface area contributed by atoms with E-state index in [2.05, 4.69) is 15.1 Å². The van der Waals surface area contributed by atoms with Crippen molar-refractivity contribution in [2.24, 2.45) is 0 Å². The number of methoxy groups -OCH3 is 1. The fourth-order valence-corrected chi connectivity index (χ4v) is 3.15. The molecule has 3 aromatic heterocycles. The number of H-pyrrole nitrogens is 2. The molecule has 0 aliphatic rings. The minimum atomic E-state index is -4.83. The maximum absolute atomic E-state index is 13.9. The van der Waals surface area contributed by atoms with Gasteiger partial charge in [-0.15, -0.1) is 0 Å². The Balaban J connectivity index is 2.28. The Labute approximate surface area is 168 Å². The normalized spacial score (nSPS) is 12.2. The van der Waals surface area contributed by atoms with Gasteiger partial charge in [-0.25, -0.2) is 4.79 Å². The topological polar surface area (TPSA) is 113 Å². The second kappa shape index (κ2) is 7.48. The van der Waals surface area contributed by atoms with Crippen molar-refractivity contribution in [3.05, 3.63) is 52.3 Å². The van der Waals surface area contributed by atoms with Crippen LogP contribution in [0.15, 0.2) is 35.5 Å². The second-order valence-corrected chi connectivity index (χ2v) is 7.23. The summed E-state index contributed by atoms with van der Waals surface area (Å²) in [5.41, 5.74) is -3.82. The van der Waals surface area contributed by atoms with Crippen molar-refractivity contribution in [2.45, 2.75) is 32.2 Å². The molecule has 3 aromatic rings. The lowest BCUT2D eigenvalue weighted by molar-refractivity contribution is -0.144. The van der Waals surface area contributed by atoms with E-state index in [9.17, 15) is 27.9 Å². The van der Waals surface area contributed by atoms with Gasteiger partial charge in [0.15, 0.2) is 5.69 Å². The lowest BCUT2D eigenvalue weighted by Crippen LogP contribution is -2.29. The summed E-state index contributed by atoms with van der Waals surface area (Å²) in [7, 11) is 1.08. The average molecular weight is 424 g/mol. The molecule has 0 amide bonds. The highest BCUT2D eigenvalue weighted by Crippen LogP contribution is 2.40. The van der Waals surface area contributed by atoms with Gasteiger partial charge in [0.2, 0.25) is 0 Å². The van der Waals surface area contributed by atoms with Gasteiger partial charge < -0.3 is 19.8 Å². The first-order chi connectivity index (χ1) is 13.9. The van der Waals surface area contributed by atoms with Crippen LogP contribution in [0.25, 0.3) is 22.4 Å². The quantitative estimate of drug-likeness (QED) is 0.545. The van der Waals surface area contributed by atoms with Crippen molar-refractivity contribution in [3.63, 3.8) is 0 Å². The van der Waals surface area contributed by atoms with Crippen LogP contribution < -0.4 is 5.56 Å². The number of carbonyl (C=O) groups excluding carboxylic acids is 1. The van der Waals surface area contributed by atoms with Crippen molar-refractivity contribution in [3.8, 4) is 22.4 Å². The third-order valence-electron chi connectivity index (χ3n) is 4.29. The van der Waals surface area contributed by atoms with E-state index in [-0.39, 0.29) is 22.4 Å². The molecule has 0 saturated heterocycles. The molecule has 0 bridgehead atoms. The van der Waals surface area contributed by atoms with Crippen LogP contribution in [0.5, 0.6) is 0 Å². The molecular weight excluding hydrogens is 405 g/mol. The van der Waals surface area contributed by atoms with Gasteiger partial charge >= 0.3 is 12.1 Å². The molecule has 0 spiro atoms. The van der Waals surface area contributed by atoms with E-state index in [0.29, 0.717) is 4.68 Å². The standard InChI is InChI=1S/C19H19F3N4O4/c1-18(2,29)9-26-15(19(20,21)22)12(8-25-26)14-13(17(28)30-3)11(7-24-14)10-5-4-6-23-16(10)27/h4-8,24,29H,9H2,1-3H3,(H,23,27).